The van der Waals surface area contributed by atoms with Gasteiger partial charge in [0.1, 0.15) is 6.04 Å². The van der Waals surface area contributed by atoms with Gasteiger partial charge >= 0.3 is 7.75 Å². The molecule has 0 radical (unpaired) electrons. The van der Waals surface area contributed by atoms with Gasteiger partial charge in [-0.2, -0.15) is 0 Å². The van der Waals surface area contributed by atoms with Crippen LogP contribution in [0.15, 0.2) is 30.3 Å². The number of carbonyl (C=O) groups excluding carboxylic acids is 1. The van der Waals surface area contributed by atoms with Crippen LogP contribution in [0.5, 0.6) is 0 Å². The number of hydrogen-bond acceptors (Lipinski definition) is 2. The van der Waals surface area contributed by atoms with Crippen LogP contribution in [-0.2, 0) is 15.8 Å². The number of nitrogens with two attached hydrogens (primary N) is 1. The first-order valence-electron chi connectivity index (χ1n) is 4.55. The first kappa shape index (κ1) is 12.9. The van der Waals surface area contributed by atoms with Crippen LogP contribution < -0.4 is 10.8 Å². The molecule has 0 aromatic heterocycles. The average molecular weight is 244 g/mol. The van der Waals surface area contributed by atoms with Gasteiger partial charge in [-0.15, -0.1) is 0 Å². The monoisotopic (exact) mass is 244 g/mol. The molecule has 0 heterocycles. The Kier molecular flexibility index (Phi) is 4.20. The number of amides is 1. The summed E-state index contributed by atoms with van der Waals surface area (Å²) in [6.07, 6.45) is 0.140. The Labute approximate surface area is 92.7 Å². The molecule has 0 unspecified atom stereocenters. The summed E-state index contributed by atoms with van der Waals surface area (Å²) < 4.78 is 10.7. The lowest BCUT2D eigenvalue weighted by Crippen LogP contribution is -2.41. The van der Waals surface area contributed by atoms with Gasteiger partial charge in [0.15, 0.2) is 0 Å². The third-order valence-corrected chi connectivity index (χ3v) is 2.60. The summed E-state index contributed by atoms with van der Waals surface area (Å²) in [6.45, 7) is 0. The molecular formula is C9H13N2O4P. The van der Waals surface area contributed by atoms with Crippen LogP contribution in [0.2, 0.25) is 0 Å². The molecule has 0 saturated heterocycles. The molecule has 1 aromatic rings. The topological polar surface area (TPSA) is 113 Å². The van der Waals surface area contributed by atoms with Crippen molar-refractivity contribution in [3.8, 4) is 0 Å². The Morgan fingerprint density at radius 1 is 1.38 bits per heavy atom. The lowest BCUT2D eigenvalue weighted by Gasteiger charge is -2.15. The second-order valence-electron chi connectivity index (χ2n) is 3.32. The van der Waals surface area contributed by atoms with Crippen LogP contribution >= 0.6 is 7.75 Å². The van der Waals surface area contributed by atoms with E-state index in [1.54, 1.807) is 30.3 Å². The van der Waals surface area contributed by atoms with Crippen molar-refractivity contribution >= 4 is 13.7 Å². The van der Waals surface area contributed by atoms with Gasteiger partial charge in [-0.05, 0) is 12.0 Å². The molecule has 0 fully saturated rings. The van der Waals surface area contributed by atoms with Gasteiger partial charge in [-0.1, -0.05) is 30.3 Å². The van der Waals surface area contributed by atoms with E-state index in [2.05, 4.69) is 0 Å². The maximum Gasteiger partial charge on any atom is 0.401 e. The normalized spacial score (nSPS) is 13.4. The zero-order chi connectivity index (χ0) is 12.2. The third-order valence-electron chi connectivity index (χ3n) is 1.95. The van der Waals surface area contributed by atoms with Crippen LogP contribution in [0.4, 0.5) is 0 Å². The van der Waals surface area contributed by atoms with Crippen molar-refractivity contribution in [1.29, 1.82) is 0 Å². The standard InChI is InChI=1S/C9H13N2O4P/c10-9(12)8(11-16(13,14)15)6-7-4-2-1-3-5-7/h1-5,8H,6H2,(H2,10,12)(H3,11,13,14,15)/t8-/m0/s1. The molecule has 0 aliphatic carbocycles. The molecular weight excluding hydrogens is 231 g/mol. The van der Waals surface area contributed by atoms with E-state index in [1.807, 2.05) is 5.09 Å². The van der Waals surface area contributed by atoms with Crippen molar-refractivity contribution in [2.45, 2.75) is 12.5 Å². The molecule has 0 aliphatic heterocycles. The van der Waals surface area contributed by atoms with E-state index in [-0.39, 0.29) is 6.42 Å². The molecule has 5 N–H and O–H groups in total. The number of benzene rings is 1. The Morgan fingerprint density at radius 3 is 2.38 bits per heavy atom. The fourth-order valence-corrected chi connectivity index (χ4v) is 1.89. The summed E-state index contributed by atoms with van der Waals surface area (Å²) in [5.41, 5.74) is 5.82. The largest absolute Gasteiger partial charge is 0.401 e. The summed E-state index contributed by atoms with van der Waals surface area (Å²) in [4.78, 5) is 28.4. The fraction of sp³-hybridized carbons (Fsp3) is 0.222. The van der Waals surface area contributed by atoms with Crippen molar-refractivity contribution < 1.29 is 19.1 Å². The average Bonchev–Trinajstić information content (AvgIpc) is 2.16. The van der Waals surface area contributed by atoms with E-state index in [1.165, 1.54) is 0 Å². The van der Waals surface area contributed by atoms with Crippen molar-refractivity contribution in [2.24, 2.45) is 5.73 Å². The molecule has 6 nitrogen and oxygen atoms in total. The summed E-state index contributed by atoms with van der Waals surface area (Å²) in [5.74, 6) is -0.799. The van der Waals surface area contributed by atoms with Crippen LogP contribution in [0.3, 0.4) is 0 Å². The molecule has 16 heavy (non-hydrogen) atoms. The van der Waals surface area contributed by atoms with Crippen LogP contribution in [0, 0.1) is 0 Å². The SMILES string of the molecule is NC(=O)[C@H](Cc1ccccc1)NP(=O)(O)O. The second-order valence-corrected chi connectivity index (χ2v) is 4.66. The lowest BCUT2D eigenvalue weighted by atomic mass is 10.1. The minimum atomic E-state index is -4.46. The zero-order valence-corrected chi connectivity index (χ0v) is 9.30. The molecule has 0 spiro atoms. The second kappa shape index (κ2) is 5.23. The van der Waals surface area contributed by atoms with E-state index in [0.29, 0.717) is 0 Å². The number of nitrogens with one attached hydrogen (secondary N) is 1. The predicted octanol–water partition coefficient (Wildman–Crippen LogP) is -0.235. The van der Waals surface area contributed by atoms with Gasteiger partial charge in [-0.3, -0.25) is 4.79 Å². The Hall–Kier alpha value is -1.20. The van der Waals surface area contributed by atoms with Crippen molar-refractivity contribution in [1.82, 2.24) is 5.09 Å². The van der Waals surface area contributed by atoms with Gasteiger partial charge in [0.05, 0.1) is 0 Å². The van der Waals surface area contributed by atoms with E-state index in [9.17, 15) is 9.36 Å². The summed E-state index contributed by atoms with van der Waals surface area (Å²) in [5, 5.41) is 1.90. The van der Waals surface area contributed by atoms with Crippen LogP contribution in [0.25, 0.3) is 0 Å². The smallest absolute Gasteiger partial charge is 0.368 e. The minimum Gasteiger partial charge on any atom is -0.368 e. The zero-order valence-electron chi connectivity index (χ0n) is 8.41. The maximum atomic E-state index is 11.0. The predicted molar refractivity (Wildman–Crippen MR) is 58.3 cm³/mol. The first-order chi connectivity index (χ1) is 7.38. The molecule has 0 bridgehead atoms. The van der Waals surface area contributed by atoms with Gasteiger partial charge in [0.2, 0.25) is 5.91 Å². The summed E-state index contributed by atoms with van der Waals surface area (Å²) >= 11 is 0. The van der Waals surface area contributed by atoms with Gasteiger partial charge in [0.25, 0.3) is 0 Å². The highest BCUT2D eigenvalue weighted by Gasteiger charge is 2.24. The summed E-state index contributed by atoms with van der Waals surface area (Å²) in [6, 6.07) is 7.76. The van der Waals surface area contributed by atoms with E-state index < -0.39 is 19.7 Å². The summed E-state index contributed by atoms with van der Waals surface area (Å²) in [7, 11) is -4.46. The van der Waals surface area contributed by atoms with Crippen molar-refractivity contribution in [3.05, 3.63) is 35.9 Å². The quantitative estimate of drug-likeness (QED) is 0.534. The Balaban J connectivity index is 2.73. The molecule has 1 aromatic carbocycles. The molecule has 1 rings (SSSR count). The van der Waals surface area contributed by atoms with Crippen molar-refractivity contribution in [3.63, 3.8) is 0 Å². The Morgan fingerprint density at radius 2 is 1.94 bits per heavy atom. The highest BCUT2D eigenvalue weighted by molar-refractivity contribution is 7.49. The van der Waals surface area contributed by atoms with E-state index >= 15 is 0 Å². The first-order valence-corrected chi connectivity index (χ1v) is 6.16. The van der Waals surface area contributed by atoms with Crippen LogP contribution in [0.1, 0.15) is 5.56 Å². The fourth-order valence-electron chi connectivity index (χ4n) is 1.26. The number of hydrogen-bond donors (Lipinski definition) is 4. The van der Waals surface area contributed by atoms with E-state index in [4.69, 9.17) is 15.5 Å². The number of primary amides is 1. The molecule has 1 atom stereocenters. The van der Waals surface area contributed by atoms with Gasteiger partial charge in [-0.25, -0.2) is 9.65 Å². The molecule has 1 amide bonds. The van der Waals surface area contributed by atoms with Crippen molar-refractivity contribution in [2.75, 3.05) is 0 Å². The van der Waals surface area contributed by atoms with Crippen LogP contribution in [-0.4, -0.2) is 21.7 Å². The minimum absolute atomic E-state index is 0.140. The van der Waals surface area contributed by atoms with Gasteiger partial charge in [0, 0.05) is 0 Å². The highest BCUT2D eigenvalue weighted by Crippen LogP contribution is 2.29. The number of rotatable bonds is 5. The maximum absolute atomic E-state index is 11.0. The molecule has 88 valence electrons. The molecule has 0 saturated carbocycles. The molecule has 7 heteroatoms. The van der Waals surface area contributed by atoms with E-state index in [0.717, 1.165) is 5.56 Å². The highest BCUT2D eigenvalue weighted by atomic mass is 31.2. The number of carbonyl (C=O) groups is 1. The van der Waals surface area contributed by atoms with Gasteiger partial charge < -0.3 is 15.5 Å². The third kappa shape index (κ3) is 4.55. The molecule has 0 aliphatic rings. The Bertz CT molecular complexity index is 403. The lowest BCUT2D eigenvalue weighted by molar-refractivity contribution is -0.119.